The molecular formula is C82H136N14O29S8. The highest BCUT2D eigenvalue weighted by atomic mass is 32.2. The van der Waals surface area contributed by atoms with E-state index in [1.165, 1.54) is 67.3 Å². The number of aromatic nitrogens is 3. The second kappa shape index (κ2) is 55.9. The van der Waals surface area contributed by atoms with Crippen molar-refractivity contribution in [2.45, 2.75) is 186 Å². The summed E-state index contributed by atoms with van der Waals surface area (Å²) in [5, 5.41) is 34.1. The monoisotopic (exact) mass is 2040 g/mol. The molecule has 51 heteroatoms. The van der Waals surface area contributed by atoms with Gasteiger partial charge in [0.25, 0.3) is 86.6 Å². The summed E-state index contributed by atoms with van der Waals surface area (Å²) in [6.45, 7) is 19.0. The summed E-state index contributed by atoms with van der Waals surface area (Å²) in [4.78, 5) is 51.9. The van der Waals surface area contributed by atoms with Gasteiger partial charge in [-0.3, -0.25) is 66.0 Å². The van der Waals surface area contributed by atoms with Crippen LogP contribution in [0.2, 0.25) is 0 Å². The molecule has 20 N–H and O–H groups in total. The number of carboxylic acid groups (broad SMARTS) is 1. The van der Waals surface area contributed by atoms with Crippen molar-refractivity contribution < 1.29 is 123 Å². The smallest absolute Gasteiger partial charge is 0.335 e. The van der Waals surface area contributed by atoms with Gasteiger partial charge in [0.05, 0.1) is 62.0 Å². The Morgan fingerprint density at radius 1 is 0.534 bits per heavy atom. The van der Waals surface area contributed by atoms with E-state index >= 15 is 0 Å². The molecule has 1 aliphatic carbocycles. The molecule has 0 spiro atoms. The highest BCUT2D eigenvalue weighted by Crippen LogP contribution is 2.33. The topological polar surface area (TPSA) is 693 Å². The lowest BCUT2D eigenvalue weighted by molar-refractivity contribution is -0.384. The molecule has 756 valence electrons. The number of unbranched alkanes of at least 4 members (excludes halogenated alkanes) is 3. The molecule has 2 atom stereocenters. The van der Waals surface area contributed by atoms with Gasteiger partial charge in [0.2, 0.25) is 5.91 Å². The quantitative estimate of drug-likeness (QED) is 0.00644. The Morgan fingerprint density at radius 3 is 1.35 bits per heavy atom. The Labute approximate surface area is 781 Å². The minimum Gasteiger partial charge on any atom is -0.478 e. The van der Waals surface area contributed by atoms with Gasteiger partial charge in [-0.15, -0.1) is 0 Å². The minimum atomic E-state index is -3.97. The fraction of sp³-hybridized carbons (Fsp3) is 0.610. The first-order chi connectivity index (χ1) is 61.7. The lowest BCUT2D eigenvalue weighted by Crippen LogP contribution is -2.42. The SMILES string of the molecule is CC(C)(C)NCCS(=O)(=O)O.CC(CCNC1CCCCC1)S(=O)(=O)O.CCNCCS(=O)(=O)O.CN(C)CCS(=O)(=O)O.NC(Cc1ccccc1)C(=O)NCCCS(=O)(=O)O.Nc1ccc2[nH]c3c(c2c1)CCN(CCCCS(=O)(=O)O)C3.O=C(O)c1ccc2[nH]c3c(c2c1)CCN(CCCCS(=O)(=O)O)C3.O=[N+]([O-])c1ccc2[nH]c3c(c2c1)CCN(CCCCS(=O)(=O)O)C3. The Kier molecular flexibility index (Phi) is 49.5. The van der Waals surface area contributed by atoms with E-state index in [1.54, 1.807) is 49.3 Å². The van der Waals surface area contributed by atoms with E-state index < -0.39 is 98.2 Å². The molecule has 0 saturated heterocycles. The number of carbonyl (C=O) groups excluding carboxylic acids is 1. The number of hydrogen-bond donors (Lipinski definition) is 18. The molecule has 6 heterocycles. The maximum absolute atomic E-state index is 11.6. The van der Waals surface area contributed by atoms with E-state index in [4.69, 9.17) is 53.0 Å². The van der Waals surface area contributed by atoms with Gasteiger partial charge < -0.3 is 57.7 Å². The molecule has 3 aliphatic heterocycles. The van der Waals surface area contributed by atoms with E-state index in [2.05, 4.69) is 50.9 Å². The first kappa shape index (κ1) is 118. The average Bonchev–Trinajstić information content (AvgIpc) is 1.64. The van der Waals surface area contributed by atoms with Crippen LogP contribution in [0.1, 0.15) is 168 Å². The Morgan fingerprint density at radius 2 is 0.947 bits per heavy atom. The second-order valence-electron chi connectivity index (χ2n) is 34.0. The Bertz CT molecular complexity index is 5650. The fourth-order valence-electron chi connectivity index (χ4n) is 14.3. The molecule has 2 unspecified atom stereocenters. The average molecular weight is 2040 g/mol. The molecule has 7 aromatic rings. The van der Waals surface area contributed by atoms with Crippen LogP contribution in [0.5, 0.6) is 0 Å². The second-order valence-corrected chi connectivity index (χ2v) is 46.8. The number of amides is 1. The third-order valence-corrected chi connectivity index (χ3v) is 27.8. The van der Waals surface area contributed by atoms with Gasteiger partial charge in [-0.1, -0.05) is 56.5 Å². The zero-order chi connectivity index (χ0) is 99.9. The van der Waals surface area contributed by atoms with Gasteiger partial charge in [-0.25, -0.2) is 4.79 Å². The first-order valence-electron chi connectivity index (χ1n) is 43.4. The van der Waals surface area contributed by atoms with Crippen LogP contribution in [-0.4, -0.2) is 316 Å². The summed E-state index contributed by atoms with van der Waals surface area (Å²) >= 11 is 0. The standard InChI is InChI=1S/C16H20N2O5S.C15H19N3O5S.C15H21N3O3S.C12H18N2O4S.C10H21NO3S.C6H15NO3S.2C4H11NO3S/c19-16(20)11-3-4-14-13(9-11)12-5-7-18(10-15(12)17-14)6-1-2-8-24(21,22)23;19-18(20)11-3-4-14-13(9-11)12-5-7-17(10-15(12)16-14)6-1-2-8-24(21,22)23;16-11-3-4-14-13(9-11)12-5-7-18(10-15(12)17-14)6-1-2-8-22(19,20)21;13-11(9-10-5-2-1-3-6-10)12(15)14-7-4-8-19(16,17)18;1-9(15(12,13)14)7-8-11-10-5-3-2-4-6-10;1-6(2,3)7-4-5-11(8,9)10;1-5(2)3-4-9(6,7)8;1-2-5-3-4-9(6,7)8/h3-4,9,17H,1-2,5-8,10H2,(H,19,20)(H,21,22,23);3-4,9,16H,1-2,5-8,10H2,(H,21,22,23);3-4,9,17H,1-2,5-8,10,16H2,(H,19,20,21);1-3,5-6,11H,4,7-9,13H2,(H,14,15)(H,16,17,18);9-11H,2-8H2,1H3,(H,12,13,14);7H,4-5H2,1-3H3,(H,8,9,10);3-4H2,1-2H3,(H,6,7,8);5H,2-4H2,1H3,(H,6,7,8). The number of anilines is 1. The van der Waals surface area contributed by atoms with Gasteiger partial charge in [-0.2, -0.15) is 67.3 Å². The molecule has 4 aromatic carbocycles. The lowest BCUT2D eigenvalue weighted by Gasteiger charge is -2.26. The number of H-pyrrole nitrogens is 3. The summed E-state index contributed by atoms with van der Waals surface area (Å²) in [5.41, 5.74) is 23.6. The number of carbonyl (C=O) groups is 2. The van der Waals surface area contributed by atoms with E-state index in [9.17, 15) is 87.0 Å². The molecule has 1 fully saturated rings. The number of nitrogens with zero attached hydrogens (tertiary/aromatic N) is 5. The molecule has 4 aliphatic rings. The van der Waals surface area contributed by atoms with Crippen LogP contribution in [0.15, 0.2) is 84.9 Å². The molecule has 43 nitrogen and oxygen atoms in total. The van der Waals surface area contributed by atoms with E-state index in [0.29, 0.717) is 77.2 Å². The predicted octanol–water partition coefficient (Wildman–Crippen LogP) is 6.48. The van der Waals surface area contributed by atoms with Crippen LogP contribution < -0.4 is 32.7 Å². The van der Waals surface area contributed by atoms with Gasteiger partial charge in [0.15, 0.2) is 0 Å². The van der Waals surface area contributed by atoms with E-state index in [-0.39, 0.29) is 87.4 Å². The number of non-ortho nitro benzene ring substituents is 1. The van der Waals surface area contributed by atoms with Gasteiger partial charge >= 0.3 is 5.97 Å². The lowest BCUT2D eigenvalue weighted by atomic mass is 9.95. The first-order valence-corrected chi connectivity index (χ1v) is 56.2. The highest BCUT2D eigenvalue weighted by molar-refractivity contribution is 7.87. The van der Waals surface area contributed by atoms with Crippen LogP contribution in [0.3, 0.4) is 0 Å². The largest absolute Gasteiger partial charge is 0.478 e. The third-order valence-electron chi connectivity index (χ3n) is 21.2. The van der Waals surface area contributed by atoms with Crippen molar-refractivity contribution in [2.24, 2.45) is 5.73 Å². The number of benzene rings is 4. The van der Waals surface area contributed by atoms with Crippen LogP contribution in [0, 0.1) is 10.1 Å². The number of carboxylic acids is 1. The van der Waals surface area contributed by atoms with Gasteiger partial charge in [0.1, 0.15) is 0 Å². The van der Waals surface area contributed by atoms with Gasteiger partial charge in [-0.05, 0) is 229 Å². The summed E-state index contributed by atoms with van der Waals surface area (Å²) in [7, 11) is -27.3. The summed E-state index contributed by atoms with van der Waals surface area (Å²) in [6, 6.07) is 25.2. The minimum absolute atomic E-state index is 0.0944. The van der Waals surface area contributed by atoms with Gasteiger partial charge in [0, 0.05) is 145 Å². The molecule has 0 bridgehead atoms. The van der Waals surface area contributed by atoms with Crippen LogP contribution in [-0.2, 0) is 131 Å². The molecule has 11 rings (SSSR count). The van der Waals surface area contributed by atoms with Crippen molar-refractivity contribution in [3.63, 3.8) is 0 Å². The number of nitrogens with one attached hydrogen (secondary N) is 7. The van der Waals surface area contributed by atoms with Crippen molar-refractivity contribution in [1.82, 2.24) is 55.8 Å². The van der Waals surface area contributed by atoms with Crippen molar-refractivity contribution in [2.75, 3.05) is 139 Å². The molecule has 0 radical (unpaired) electrons. The number of nitrogens with two attached hydrogens (primary N) is 2. The van der Waals surface area contributed by atoms with E-state index in [0.717, 1.165) is 140 Å². The zero-order valence-corrected chi connectivity index (χ0v) is 82.8. The van der Waals surface area contributed by atoms with Crippen molar-refractivity contribution >= 4 is 137 Å². The molecule has 133 heavy (non-hydrogen) atoms. The van der Waals surface area contributed by atoms with E-state index in [1.807, 2.05) is 76.2 Å². The number of aromatic carboxylic acids is 1. The Hall–Kier alpha value is -7.40. The molecular weight excluding hydrogens is 1900 g/mol. The summed E-state index contributed by atoms with van der Waals surface area (Å²) in [5.74, 6) is -2.83. The normalized spacial score (nSPS) is 15.3. The number of fused-ring (bicyclic) bond motifs is 9. The molecule has 3 aromatic heterocycles. The third kappa shape index (κ3) is 51.6. The van der Waals surface area contributed by atoms with Crippen LogP contribution in [0.25, 0.3) is 32.7 Å². The number of rotatable bonds is 39. The summed E-state index contributed by atoms with van der Waals surface area (Å²) in [6.07, 6.45) is 13.4. The van der Waals surface area contributed by atoms with Crippen molar-refractivity contribution in [3.8, 4) is 0 Å². The van der Waals surface area contributed by atoms with Crippen molar-refractivity contribution in [1.29, 1.82) is 0 Å². The summed E-state index contributed by atoms with van der Waals surface area (Å²) < 4.78 is 236. The number of nitrogen functional groups attached to an aromatic ring is 1. The van der Waals surface area contributed by atoms with Crippen molar-refractivity contribution in [3.05, 3.63) is 140 Å². The maximum Gasteiger partial charge on any atom is 0.335 e. The predicted molar refractivity (Wildman–Crippen MR) is 514 cm³/mol. The number of hydrogen-bond acceptors (Lipinski definition) is 29. The maximum atomic E-state index is 11.6. The number of nitro groups is 1. The highest BCUT2D eigenvalue weighted by Gasteiger charge is 2.27. The molecule has 1 saturated carbocycles. The zero-order valence-electron chi connectivity index (χ0n) is 76.2. The molecule has 1 amide bonds. The number of aromatic amines is 3. The van der Waals surface area contributed by atoms with Crippen LogP contribution in [0.4, 0.5) is 11.4 Å². The van der Waals surface area contributed by atoms with Crippen LogP contribution >= 0.6 is 0 Å². The fourth-order valence-corrected chi connectivity index (χ4v) is 18.3. The Balaban J connectivity index is 0.000000326. The number of nitro benzene ring substituents is 1.